The van der Waals surface area contributed by atoms with Crippen LogP contribution in [0.1, 0.15) is 15.4 Å². The van der Waals surface area contributed by atoms with Crippen molar-refractivity contribution in [1.82, 2.24) is 18.9 Å². The van der Waals surface area contributed by atoms with Gasteiger partial charge < -0.3 is 4.90 Å². The Balaban J connectivity index is 1.79. The highest BCUT2D eigenvalue weighted by Gasteiger charge is 2.32. The maximum Gasteiger partial charge on any atom is 0.280 e. The predicted octanol–water partition coefficient (Wildman–Crippen LogP) is 1.02. The zero-order valence-electron chi connectivity index (χ0n) is 14.5. The van der Waals surface area contributed by atoms with Gasteiger partial charge in [0, 0.05) is 37.8 Å². The van der Waals surface area contributed by atoms with E-state index in [0.29, 0.717) is 31.2 Å². The van der Waals surface area contributed by atoms with Crippen LogP contribution < -0.4 is 4.72 Å². The molecule has 1 aromatic heterocycles. The number of nitrogens with one attached hydrogen (secondary N) is 1. The number of benzene rings is 1. The third kappa shape index (κ3) is 4.74. The Bertz CT molecular complexity index is 817. The Hall–Kier alpha value is -1.65. The van der Waals surface area contributed by atoms with E-state index in [2.05, 4.69) is 14.6 Å². The number of Topliss-reactive ketones (excluding diaryl/α,β-unsaturated/α-hetero) is 1. The lowest BCUT2D eigenvalue weighted by Gasteiger charge is -2.32. The molecule has 1 atom stereocenters. The van der Waals surface area contributed by atoms with Crippen LogP contribution in [0.25, 0.3) is 0 Å². The van der Waals surface area contributed by atoms with Gasteiger partial charge in [0.25, 0.3) is 10.2 Å². The Morgan fingerprint density at radius 2 is 1.92 bits per heavy atom. The van der Waals surface area contributed by atoms with Gasteiger partial charge in [0.1, 0.15) is 0 Å². The van der Waals surface area contributed by atoms with E-state index in [9.17, 15) is 13.2 Å². The van der Waals surface area contributed by atoms with E-state index >= 15 is 0 Å². The zero-order valence-corrected chi connectivity index (χ0v) is 16.2. The number of hydrogen-bond donors (Lipinski definition) is 1. The second kappa shape index (κ2) is 8.36. The van der Waals surface area contributed by atoms with Gasteiger partial charge in [0.15, 0.2) is 5.01 Å². The van der Waals surface area contributed by atoms with Gasteiger partial charge in [-0.1, -0.05) is 30.3 Å². The Kier molecular flexibility index (Phi) is 6.15. The van der Waals surface area contributed by atoms with Gasteiger partial charge in [0.2, 0.25) is 5.78 Å². The van der Waals surface area contributed by atoms with Gasteiger partial charge in [-0.15, -0.1) is 11.3 Å². The molecular formula is C17H22N4O3S2. The number of aromatic nitrogens is 1. The number of thiazole rings is 1. The third-order valence-electron chi connectivity index (χ3n) is 4.34. The average molecular weight is 395 g/mol. The largest absolute Gasteiger partial charge is 0.304 e. The van der Waals surface area contributed by atoms with Crippen molar-refractivity contribution in [1.29, 1.82) is 0 Å². The smallest absolute Gasteiger partial charge is 0.280 e. The second-order valence-electron chi connectivity index (χ2n) is 6.27. The molecule has 9 heteroatoms. The van der Waals surface area contributed by atoms with Crippen molar-refractivity contribution in [3.8, 4) is 0 Å². The molecule has 1 aliphatic rings. The monoisotopic (exact) mass is 394 g/mol. The summed E-state index contributed by atoms with van der Waals surface area (Å²) in [6, 6.07) is 8.51. The number of ketones is 1. The summed E-state index contributed by atoms with van der Waals surface area (Å²) in [5, 5.41) is 2.02. The first-order chi connectivity index (χ1) is 12.5. The fourth-order valence-corrected chi connectivity index (χ4v) is 4.79. The molecule has 0 radical (unpaired) electrons. The molecule has 2 aromatic rings. The SMILES string of the molecule is CN1CCN(S(=O)(=O)N[C@@H](Cc2ccccc2)C(=O)c2nccs2)CC1. The van der Waals surface area contributed by atoms with E-state index in [1.165, 1.54) is 15.6 Å². The van der Waals surface area contributed by atoms with Crippen molar-refractivity contribution in [2.45, 2.75) is 12.5 Å². The fraction of sp³-hybridized carbons (Fsp3) is 0.412. The number of likely N-dealkylation sites (N-methyl/N-ethyl adjacent to an activating group) is 1. The summed E-state index contributed by atoms with van der Waals surface area (Å²) in [5.74, 6) is -0.304. The zero-order chi connectivity index (χ0) is 18.6. The van der Waals surface area contributed by atoms with Crippen molar-refractivity contribution in [2.75, 3.05) is 33.2 Å². The molecule has 0 saturated carbocycles. The lowest BCUT2D eigenvalue weighted by Crippen LogP contribution is -2.54. The van der Waals surface area contributed by atoms with E-state index in [1.807, 2.05) is 37.4 Å². The van der Waals surface area contributed by atoms with E-state index < -0.39 is 16.3 Å². The van der Waals surface area contributed by atoms with Crippen LogP contribution in [0, 0.1) is 0 Å². The maximum atomic E-state index is 12.8. The van der Waals surface area contributed by atoms with Gasteiger partial charge in [-0.3, -0.25) is 4.79 Å². The van der Waals surface area contributed by atoms with Crippen LogP contribution in [0.15, 0.2) is 41.9 Å². The molecule has 1 aromatic carbocycles. The molecule has 3 rings (SSSR count). The van der Waals surface area contributed by atoms with Crippen molar-refractivity contribution < 1.29 is 13.2 Å². The van der Waals surface area contributed by atoms with Crippen LogP contribution in [-0.2, 0) is 16.6 Å². The molecule has 7 nitrogen and oxygen atoms in total. The summed E-state index contributed by atoms with van der Waals surface area (Å²) in [5.41, 5.74) is 0.892. The highest BCUT2D eigenvalue weighted by atomic mass is 32.2. The minimum atomic E-state index is -3.75. The molecule has 1 aliphatic heterocycles. The van der Waals surface area contributed by atoms with Gasteiger partial charge in [0.05, 0.1) is 6.04 Å². The van der Waals surface area contributed by atoms with Crippen LogP contribution >= 0.6 is 11.3 Å². The van der Waals surface area contributed by atoms with Crippen molar-refractivity contribution in [3.63, 3.8) is 0 Å². The molecule has 0 spiro atoms. The van der Waals surface area contributed by atoms with Crippen LogP contribution in [0.2, 0.25) is 0 Å². The normalized spacial score (nSPS) is 17.9. The molecule has 1 saturated heterocycles. The fourth-order valence-electron chi connectivity index (χ4n) is 2.81. The molecule has 140 valence electrons. The quantitative estimate of drug-likeness (QED) is 0.709. The summed E-state index contributed by atoms with van der Waals surface area (Å²) >= 11 is 1.22. The minimum absolute atomic E-state index is 0.284. The molecule has 0 amide bonds. The summed E-state index contributed by atoms with van der Waals surface area (Å²) in [6.45, 7) is 2.17. The molecule has 1 fully saturated rings. The van der Waals surface area contributed by atoms with E-state index in [-0.39, 0.29) is 12.2 Å². The number of carbonyl (C=O) groups is 1. The highest BCUT2D eigenvalue weighted by Crippen LogP contribution is 2.14. The van der Waals surface area contributed by atoms with Crippen LogP contribution in [-0.4, -0.2) is 67.7 Å². The molecule has 0 unspecified atom stereocenters. The van der Waals surface area contributed by atoms with Crippen LogP contribution in [0.5, 0.6) is 0 Å². The Morgan fingerprint density at radius 1 is 1.23 bits per heavy atom. The molecule has 0 bridgehead atoms. The van der Waals surface area contributed by atoms with Gasteiger partial charge >= 0.3 is 0 Å². The third-order valence-corrected chi connectivity index (χ3v) is 6.75. The first kappa shape index (κ1) is 19.1. The topological polar surface area (TPSA) is 82.6 Å². The molecular weight excluding hydrogens is 372 g/mol. The number of nitrogens with zero attached hydrogens (tertiary/aromatic N) is 3. The molecule has 0 aliphatic carbocycles. The summed E-state index contributed by atoms with van der Waals surface area (Å²) in [6.07, 6.45) is 1.83. The molecule has 1 N–H and O–H groups in total. The van der Waals surface area contributed by atoms with Gasteiger partial charge in [-0.05, 0) is 19.0 Å². The van der Waals surface area contributed by atoms with Crippen LogP contribution in [0.4, 0.5) is 0 Å². The maximum absolute atomic E-state index is 12.8. The minimum Gasteiger partial charge on any atom is -0.304 e. The number of rotatable bonds is 7. The van der Waals surface area contributed by atoms with Gasteiger partial charge in [-0.25, -0.2) is 4.98 Å². The standard InChI is InChI=1S/C17H22N4O3S2/c1-20-8-10-21(11-9-20)26(23,24)19-15(13-14-5-3-2-4-6-14)16(22)17-18-7-12-25-17/h2-7,12,15,19H,8-11,13H2,1H3/t15-/m0/s1. The first-order valence-electron chi connectivity index (χ1n) is 8.39. The van der Waals surface area contributed by atoms with Gasteiger partial charge in [-0.2, -0.15) is 17.4 Å². The summed E-state index contributed by atoms with van der Waals surface area (Å²) in [7, 11) is -1.79. The predicted molar refractivity (Wildman–Crippen MR) is 102 cm³/mol. The molecule has 2 heterocycles. The van der Waals surface area contributed by atoms with Crippen molar-refractivity contribution in [2.24, 2.45) is 0 Å². The summed E-state index contributed by atoms with van der Waals surface area (Å²) < 4.78 is 29.6. The Morgan fingerprint density at radius 3 is 2.54 bits per heavy atom. The number of hydrogen-bond acceptors (Lipinski definition) is 6. The highest BCUT2D eigenvalue weighted by molar-refractivity contribution is 7.87. The van der Waals surface area contributed by atoms with E-state index in [0.717, 1.165) is 5.56 Å². The van der Waals surface area contributed by atoms with Crippen molar-refractivity contribution >= 4 is 27.3 Å². The first-order valence-corrected chi connectivity index (χ1v) is 10.7. The lowest BCUT2D eigenvalue weighted by atomic mass is 10.0. The lowest BCUT2D eigenvalue weighted by molar-refractivity contribution is 0.0951. The van der Waals surface area contributed by atoms with Crippen molar-refractivity contribution in [3.05, 3.63) is 52.5 Å². The number of piperazine rings is 1. The van der Waals surface area contributed by atoms with E-state index in [1.54, 1.807) is 11.6 Å². The summed E-state index contributed by atoms with van der Waals surface area (Å²) in [4.78, 5) is 18.9. The molecule has 26 heavy (non-hydrogen) atoms. The van der Waals surface area contributed by atoms with Crippen LogP contribution in [0.3, 0.4) is 0 Å². The second-order valence-corrected chi connectivity index (χ2v) is 8.87. The average Bonchev–Trinajstić information content (AvgIpc) is 3.16. The number of carbonyl (C=O) groups excluding carboxylic acids is 1. The van der Waals surface area contributed by atoms with E-state index in [4.69, 9.17) is 0 Å². The Labute approximate surface area is 157 Å².